The molecular formula is C14H8N2O8. The average Bonchev–Trinajstić information content (AvgIpc) is 2.53. The van der Waals surface area contributed by atoms with Gasteiger partial charge < -0.3 is 20.4 Å². The van der Waals surface area contributed by atoms with Crippen molar-refractivity contribution in [3.63, 3.8) is 0 Å². The molecule has 4 N–H and O–H groups in total. The van der Waals surface area contributed by atoms with E-state index in [1.54, 1.807) is 0 Å². The Kier molecular flexibility index (Phi) is 4.22. The fourth-order valence-electron chi connectivity index (χ4n) is 1.79. The van der Waals surface area contributed by atoms with Crippen molar-refractivity contribution in [2.45, 2.75) is 0 Å². The first-order valence-corrected chi connectivity index (χ1v) is 6.16. The summed E-state index contributed by atoms with van der Waals surface area (Å²) in [5.74, 6) is -5.89. The number of carbonyl (C=O) groups is 4. The van der Waals surface area contributed by atoms with Crippen molar-refractivity contribution in [2.24, 2.45) is 0 Å². The van der Waals surface area contributed by atoms with Crippen molar-refractivity contribution >= 4 is 23.9 Å². The second-order valence-electron chi connectivity index (χ2n) is 4.47. The van der Waals surface area contributed by atoms with Gasteiger partial charge in [-0.05, 0) is 24.3 Å². The van der Waals surface area contributed by atoms with Crippen molar-refractivity contribution < 1.29 is 39.6 Å². The number of carboxylic acid groups (broad SMARTS) is 4. The summed E-state index contributed by atoms with van der Waals surface area (Å²) in [6, 6.07) is 3.56. The van der Waals surface area contributed by atoms with E-state index in [0.29, 0.717) is 0 Å². The molecule has 2 rings (SSSR count). The van der Waals surface area contributed by atoms with Gasteiger partial charge in [0.1, 0.15) is 11.4 Å². The maximum atomic E-state index is 11.1. The van der Waals surface area contributed by atoms with Crippen molar-refractivity contribution in [3.05, 3.63) is 46.8 Å². The number of hydrogen-bond donors (Lipinski definition) is 4. The Morgan fingerprint density at radius 2 is 0.917 bits per heavy atom. The molecule has 0 aromatic carbocycles. The maximum absolute atomic E-state index is 11.1. The predicted molar refractivity (Wildman–Crippen MR) is 75.3 cm³/mol. The zero-order valence-corrected chi connectivity index (χ0v) is 11.6. The average molecular weight is 332 g/mol. The van der Waals surface area contributed by atoms with Gasteiger partial charge in [-0.25, -0.2) is 29.1 Å². The predicted octanol–water partition coefficient (Wildman–Crippen LogP) is 0.936. The highest BCUT2D eigenvalue weighted by Gasteiger charge is 2.18. The molecule has 0 aliphatic heterocycles. The summed E-state index contributed by atoms with van der Waals surface area (Å²) in [6.45, 7) is 0. The highest BCUT2D eigenvalue weighted by Crippen LogP contribution is 2.20. The zero-order chi connectivity index (χ0) is 18.0. The highest BCUT2D eigenvalue weighted by molar-refractivity contribution is 5.95. The largest absolute Gasteiger partial charge is 0.478 e. The van der Waals surface area contributed by atoms with E-state index in [9.17, 15) is 19.2 Å². The lowest BCUT2D eigenvalue weighted by Gasteiger charge is -2.06. The molecule has 0 saturated carbocycles. The molecule has 10 nitrogen and oxygen atoms in total. The quantitative estimate of drug-likeness (QED) is 0.616. The Morgan fingerprint density at radius 3 is 1.17 bits per heavy atom. The number of carboxylic acids is 4. The minimum absolute atomic E-state index is 0.280. The fourth-order valence-corrected chi connectivity index (χ4v) is 1.79. The number of nitrogens with zero attached hydrogens (tertiary/aromatic N) is 2. The van der Waals surface area contributed by atoms with E-state index >= 15 is 0 Å². The van der Waals surface area contributed by atoms with Crippen LogP contribution in [0.1, 0.15) is 41.7 Å². The third-order valence-corrected chi connectivity index (χ3v) is 2.85. The van der Waals surface area contributed by atoms with Crippen LogP contribution >= 0.6 is 0 Å². The Bertz CT molecular complexity index is 752. The molecule has 2 aromatic rings. The van der Waals surface area contributed by atoms with Crippen molar-refractivity contribution in [1.29, 1.82) is 0 Å². The summed E-state index contributed by atoms with van der Waals surface area (Å²) < 4.78 is 0. The van der Waals surface area contributed by atoms with Gasteiger partial charge in [0.05, 0.1) is 22.5 Å². The van der Waals surface area contributed by atoms with Gasteiger partial charge in [0.25, 0.3) is 0 Å². The van der Waals surface area contributed by atoms with E-state index in [1.807, 2.05) is 0 Å². The molecule has 0 fully saturated rings. The van der Waals surface area contributed by atoms with Crippen LogP contribution in [0.15, 0.2) is 24.3 Å². The molecule has 2 heterocycles. The third kappa shape index (κ3) is 3.32. The molecule has 0 atom stereocenters. The van der Waals surface area contributed by atoms with E-state index in [-0.39, 0.29) is 11.4 Å². The standard InChI is InChI=1S/C14H8N2O8/c17-11(18)5-1-7(15-9(3-5)13(21)22)8-2-6(12(19)20)4-10(16-8)14(23)24/h1-4H,(H,17,18)(H,19,20)(H,21,22)(H,23,24). The van der Waals surface area contributed by atoms with Crippen LogP contribution in [0.5, 0.6) is 0 Å². The molecule has 0 amide bonds. The van der Waals surface area contributed by atoms with Crippen molar-refractivity contribution in [3.8, 4) is 11.4 Å². The van der Waals surface area contributed by atoms with E-state index in [0.717, 1.165) is 24.3 Å². The first kappa shape index (κ1) is 16.5. The topological polar surface area (TPSA) is 175 Å². The SMILES string of the molecule is O=C(O)c1cc(C(=O)O)nc(-c2cc(C(=O)O)cc(C(=O)O)n2)c1. The minimum atomic E-state index is -1.51. The molecule has 0 aliphatic rings. The molecule has 2 aromatic heterocycles. The molecule has 0 aliphatic carbocycles. The summed E-state index contributed by atoms with van der Waals surface area (Å²) in [5.41, 5.74) is -2.61. The van der Waals surface area contributed by atoms with Crippen molar-refractivity contribution in [2.75, 3.05) is 0 Å². The van der Waals surface area contributed by atoms with Gasteiger partial charge in [-0.1, -0.05) is 0 Å². The monoisotopic (exact) mass is 332 g/mol. The molecule has 0 spiro atoms. The molecule has 122 valence electrons. The summed E-state index contributed by atoms with van der Waals surface area (Å²) >= 11 is 0. The van der Waals surface area contributed by atoms with Crippen LogP contribution in [0.2, 0.25) is 0 Å². The molecule has 10 heteroatoms. The smallest absolute Gasteiger partial charge is 0.354 e. The van der Waals surface area contributed by atoms with Gasteiger partial charge in [-0.15, -0.1) is 0 Å². The number of hydrogen-bond acceptors (Lipinski definition) is 6. The second kappa shape index (κ2) is 6.12. The minimum Gasteiger partial charge on any atom is -0.478 e. The van der Waals surface area contributed by atoms with E-state index in [4.69, 9.17) is 20.4 Å². The van der Waals surface area contributed by atoms with Gasteiger partial charge in [0, 0.05) is 0 Å². The zero-order valence-electron chi connectivity index (χ0n) is 11.6. The number of rotatable bonds is 5. The van der Waals surface area contributed by atoms with E-state index in [2.05, 4.69) is 9.97 Å². The van der Waals surface area contributed by atoms with Gasteiger partial charge in [-0.2, -0.15) is 0 Å². The Hall–Kier alpha value is -3.82. The van der Waals surface area contributed by atoms with Crippen LogP contribution in [-0.2, 0) is 0 Å². The Labute approximate surface area is 132 Å². The molecular weight excluding hydrogens is 324 g/mol. The Balaban J connectivity index is 2.74. The summed E-state index contributed by atoms with van der Waals surface area (Å²) in [5, 5.41) is 36.0. The number of aromatic carboxylic acids is 4. The van der Waals surface area contributed by atoms with Gasteiger partial charge in [0.2, 0.25) is 0 Å². The van der Waals surface area contributed by atoms with E-state index < -0.39 is 46.4 Å². The summed E-state index contributed by atoms with van der Waals surface area (Å²) in [6.07, 6.45) is 0. The van der Waals surface area contributed by atoms with Crippen LogP contribution in [0, 0.1) is 0 Å². The molecule has 0 unspecified atom stereocenters. The van der Waals surface area contributed by atoms with Gasteiger partial charge in [0.15, 0.2) is 0 Å². The lowest BCUT2D eigenvalue weighted by molar-refractivity contribution is 0.0671. The summed E-state index contributed by atoms with van der Waals surface area (Å²) in [7, 11) is 0. The van der Waals surface area contributed by atoms with Crippen LogP contribution in [0.25, 0.3) is 11.4 Å². The third-order valence-electron chi connectivity index (χ3n) is 2.85. The molecule has 0 saturated heterocycles. The lowest BCUT2D eigenvalue weighted by atomic mass is 10.1. The summed E-state index contributed by atoms with van der Waals surface area (Å²) in [4.78, 5) is 51.6. The second-order valence-corrected chi connectivity index (χ2v) is 4.47. The van der Waals surface area contributed by atoms with Gasteiger partial charge in [-0.3, -0.25) is 0 Å². The van der Waals surface area contributed by atoms with Crippen LogP contribution in [-0.4, -0.2) is 54.3 Å². The first-order chi connectivity index (χ1) is 11.2. The van der Waals surface area contributed by atoms with Crippen LogP contribution in [0.4, 0.5) is 0 Å². The fraction of sp³-hybridized carbons (Fsp3) is 0. The van der Waals surface area contributed by atoms with Gasteiger partial charge >= 0.3 is 23.9 Å². The molecule has 0 radical (unpaired) electrons. The number of pyridine rings is 2. The highest BCUT2D eigenvalue weighted by atomic mass is 16.4. The van der Waals surface area contributed by atoms with Crippen LogP contribution < -0.4 is 0 Å². The van der Waals surface area contributed by atoms with Crippen LogP contribution in [0.3, 0.4) is 0 Å². The van der Waals surface area contributed by atoms with E-state index in [1.165, 1.54) is 0 Å². The Morgan fingerprint density at radius 1 is 0.583 bits per heavy atom. The first-order valence-electron chi connectivity index (χ1n) is 6.16. The van der Waals surface area contributed by atoms with Crippen molar-refractivity contribution in [1.82, 2.24) is 9.97 Å². The number of aromatic nitrogens is 2. The lowest BCUT2D eigenvalue weighted by Crippen LogP contribution is -2.09. The normalized spacial score (nSPS) is 10.2. The molecule has 0 bridgehead atoms. The maximum Gasteiger partial charge on any atom is 0.354 e. The molecule has 24 heavy (non-hydrogen) atoms.